The monoisotopic (exact) mass is 412 g/mol. The highest BCUT2D eigenvalue weighted by molar-refractivity contribution is 5.70. The van der Waals surface area contributed by atoms with Crippen LogP contribution in [-0.4, -0.2) is 22.7 Å². The van der Waals surface area contributed by atoms with Crippen molar-refractivity contribution in [3.8, 4) is 28.6 Å². The summed E-state index contributed by atoms with van der Waals surface area (Å²) in [6, 6.07) is 5.83. The van der Waals surface area contributed by atoms with Crippen LogP contribution in [0.25, 0.3) is 27.7 Å². The zero-order valence-corrected chi connectivity index (χ0v) is 16.6. The van der Waals surface area contributed by atoms with Crippen molar-refractivity contribution in [2.75, 3.05) is 6.50 Å². The van der Waals surface area contributed by atoms with Crippen LogP contribution in [0.1, 0.15) is 64.4 Å². The first-order valence-electron chi connectivity index (χ1n) is 14.1. The summed E-state index contributed by atoms with van der Waals surface area (Å²) in [6.45, 7) is 8.53. The van der Waals surface area contributed by atoms with E-state index in [4.69, 9.17) is 29.5 Å². The number of aromatic nitrogens is 2. The van der Waals surface area contributed by atoms with Gasteiger partial charge in [0, 0.05) is 28.1 Å². The molecule has 4 rings (SSSR count). The molecular weight excluding hydrogens is 376 g/mol. The fourth-order valence-corrected chi connectivity index (χ4v) is 2.99. The highest BCUT2D eigenvalue weighted by Gasteiger charge is 2.26. The second kappa shape index (κ2) is 8.68. The third-order valence-electron chi connectivity index (χ3n) is 4.27. The van der Waals surface area contributed by atoms with Gasteiger partial charge in [-0.3, -0.25) is 0 Å². The van der Waals surface area contributed by atoms with Crippen LogP contribution >= 0.6 is 0 Å². The maximum Gasteiger partial charge on any atom is 0.256 e. The summed E-state index contributed by atoms with van der Waals surface area (Å²) in [6.07, 6.45) is -9.73. The molecule has 1 N–H and O–H groups in total. The van der Waals surface area contributed by atoms with Gasteiger partial charge < -0.3 is 14.6 Å². The largest absolute Gasteiger partial charge is 0.502 e. The van der Waals surface area contributed by atoms with Crippen LogP contribution < -0.4 is 10.1 Å². The second-order valence-electron chi connectivity index (χ2n) is 6.58. The predicted molar refractivity (Wildman–Crippen MR) is 117 cm³/mol. The zero-order chi connectivity index (χ0) is 30.1. The fraction of sp³-hybridized carbons (Fsp3) is 0.375. The van der Waals surface area contributed by atoms with Crippen molar-refractivity contribution in [3.63, 3.8) is 0 Å². The Kier molecular flexibility index (Phi) is 3.27. The second-order valence-corrected chi connectivity index (χ2v) is 6.58. The molecule has 30 heavy (non-hydrogen) atoms. The minimum Gasteiger partial charge on any atom is -0.502 e. The summed E-state index contributed by atoms with van der Waals surface area (Å²) in [5.41, 5.74) is -0.114. The van der Waals surface area contributed by atoms with Crippen LogP contribution in [0.3, 0.4) is 0 Å². The molecule has 3 aromatic rings. The molecule has 154 valence electrons. The molecule has 1 aliphatic carbocycles. The maximum absolute atomic E-state index is 8.93. The number of hydrogen-bond acceptors (Lipinski definition) is 5. The summed E-state index contributed by atoms with van der Waals surface area (Å²) in [4.78, 5) is 7.75. The molecule has 6 nitrogen and oxygen atoms in total. The number of rotatable bonds is 7. The van der Waals surface area contributed by atoms with E-state index in [1.807, 2.05) is 0 Å². The van der Waals surface area contributed by atoms with Crippen molar-refractivity contribution in [1.82, 2.24) is 15.5 Å². The van der Waals surface area contributed by atoms with Crippen molar-refractivity contribution in [1.29, 1.82) is 0 Å². The standard InChI is InChI=1S/C24H26N4O2/c1-5-13-26-20-11-10-17-18(20)7-6-8-19(17)23-27-24(30-28-23)16-9-12-22(29-15(2)3)21(14-16)25-4/h6-9,12,14-15,20,26H,5,10-11,13H2,1-3H3/t20-/m0/s1/i5D2,10D2,11D2,13D2,15D,20D. The minimum atomic E-state index is -3.06. The smallest absolute Gasteiger partial charge is 0.256 e. The average molecular weight is 413 g/mol. The Morgan fingerprint density at radius 2 is 2.33 bits per heavy atom. The summed E-state index contributed by atoms with van der Waals surface area (Å²) < 4.78 is 94.0. The Bertz CT molecular complexity index is 1500. The minimum absolute atomic E-state index is 0.00122. The van der Waals surface area contributed by atoms with Gasteiger partial charge in [-0.15, -0.1) is 0 Å². The summed E-state index contributed by atoms with van der Waals surface area (Å²) in [7, 11) is 0. The molecule has 0 saturated heterocycles. The van der Waals surface area contributed by atoms with E-state index in [-0.39, 0.29) is 39.8 Å². The van der Waals surface area contributed by atoms with Gasteiger partial charge in [0.2, 0.25) is 11.5 Å². The molecule has 0 fully saturated rings. The van der Waals surface area contributed by atoms with E-state index in [0.29, 0.717) is 5.56 Å². The Hall–Kier alpha value is -3.17. The molecule has 2 aromatic carbocycles. The van der Waals surface area contributed by atoms with Gasteiger partial charge in [0.15, 0.2) is 0 Å². The lowest BCUT2D eigenvalue weighted by Crippen LogP contribution is -2.19. The lowest BCUT2D eigenvalue weighted by Gasteiger charge is -2.13. The van der Waals surface area contributed by atoms with Gasteiger partial charge >= 0.3 is 0 Å². The molecular formula is C24H26N4O2. The van der Waals surface area contributed by atoms with E-state index >= 15 is 0 Å². The van der Waals surface area contributed by atoms with E-state index in [1.54, 1.807) is 6.07 Å². The molecule has 0 saturated carbocycles. The number of nitrogens with one attached hydrogen (secondary N) is 1. The van der Waals surface area contributed by atoms with Crippen molar-refractivity contribution in [2.45, 2.75) is 52.0 Å². The Morgan fingerprint density at radius 3 is 3.10 bits per heavy atom. The van der Waals surface area contributed by atoms with Crippen LogP contribution in [0.2, 0.25) is 0 Å². The molecule has 0 spiro atoms. The van der Waals surface area contributed by atoms with Crippen molar-refractivity contribution in [2.24, 2.45) is 0 Å². The molecule has 1 heterocycles. The van der Waals surface area contributed by atoms with E-state index in [0.717, 1.165) is 6.92 Å². The third-order valence-corrected chi connectivity index (χ3v) is 4.27. The van der Waals surface area contributed by atoms with Crippen LogP contribution in [-0.2, 0) is 6.37 Å². The molecule has 1 aliphatic rings. The highest BCUT2D eigenvalue weighted by Crippen LogP contribution is 2.38. The molecule has 0 amide bonds. The fourth-order valence-electron chi connectivity index (χ4n) is 2.99. The normalized spacial score (nSPS) is 27.3. The average Bonchev–Trinajstić information content (AvgIpc) is 3.35. The first-order valence-corrected chi connectivity index (χ1v) is 9.15. The number of fused-ring (bicyclic) bond motifs is 1. The first kappa shape index (κ1) is 11.3. The molecule has 6 heteroatoms. The third kappa shape index (κ3) is 3.94. The molecule has 0 radical (unpaired) electrons. The topological polar surface area (TPSA) is 64.5 Å². The molecule has 0 unspecified atom stereocenters. The number of benzene rings is 2. The van der Waals surface area contributed by atoms with E-state index < -0.39 is 37.7 Å². The Labute approximate surface area is 191 Å². The quantitative estimate of drug-likeness (QED) is 0.502. The molecule has 1 aromatic heterocycles. The Balaban J connectivity index is 1.82. The Morgan fingerprint density at radius 1 is 1.47 bits per heavy atom. The molecule has 0 aliphatic heterocycles. The van der Waals surface area contributed by atoms with Crippen molar-refractivity contribution < 1.29 is 23.0 Å². The number of hydrogen-bond donors (Lipinski definition) is 1. The summed E-state index contributed by atoms with van der Waals surface area (Å²) >= 11 is 0. The lowest BCUT2D eigenvalue weighted by atomic mass is 10.0. The van der Waals surface area contributed by atoms with Gasteiger partial charge in [0.05, 0.1) is 15.4 Å². The summed E-state index contributed by atoms with van der Waals surface area (Å²) in [5.74, 6) is 0.00789. The van der Waals surface area contributed by atoms with Crippen LogP contribution in [0.4, 0.5) is 5.69 Å². The zero-order valence-electron chi connectivity index (χ0n) is 26.6. The van der Waals surface area contributed by atoms with Crippen molar-refractivity contribution in [3.05, 3.63) is 58.9 Å². The van der Waals surface area contributed by atoms with Gasteiger partial charge in [-0.2, -0.15) is 4.98 Å². The lowest BCUT2D eigenvalue weighted by molar-refractivity contribution is 0.244. The van der Waals surface area contributed by atoms with E-state index in [9.17, 15) is 0 Å². The van der Waals surface area contributed by atoms with E-state index in [2.05, 4.69) is 20.3 Å². The van der Waals surface area contributed by atoms with Gasteiger partial charge in [0.1, 0.15) is 5.75 Å². The van der Waals surface area contributed by atoms with E-state index in [1.165, 1.54) is 44.2 Å². The predicted octanol–water partition coefficient (Wildman–Crippen LogP) is 5.73. The van der Waals surface area contributed by atoms with Gasteiger partial charge in [-0.1, -0.05) is 30.3 Å². The molecule has 1 atom stereocenters. The first-order chi connectivity index (χ1) is 18.2. The number of ether oxygens (including phenoxy) is 1. The van der Waals surface area contributed by atoms with Gasteiger partial charge in [-0.05, 0) is 68.8 Å². The van der Waals surface area contributed by atoms with Gasteiger partial charge in [-0.25, -0.2) is 4.85 Å². The van der Waals surface area contributed by atoms with Crippen LogP contribution in [0.15, 0.2) is 40.9 Å². The van der Waals surface area contributed by atoms with Crippen LogP contribution in [0.5, 0.6) is 5.75 Å². The highest BCUT2D eigenvalue weighted by atomic mass is 16.5. The summed E-state index contributed by atoms with van der Waals surface area (Å²) in [5, 5.41) is 6.03. The maximum atomic E-state index is 8.93. The van der Waals surface area contributed by atoms with Crippen molar-refractivity contribution >= 4 is 5.69 Å². The SMILES string of the molecule is [2H]C(C)(C)Oc1ccc(-c2nc(-c3cccc4c3C([2H])([2H])C([2H])([2H])[C@]4([2H])NC([2H])([2H])C([2H])([2H])C)no2)cc1[N+]#[C-]. The van der Waals surface area contributed by atoms with Crippen LogP contribution in [0, 0.1) is 6.57 Å². The van der Waals surface area contributed by atoms with Gasteiger partial charge in [0.25, 0.3) is 5.89 Å². The number of nitrogens with zero attached hydrogens (tertiary/aromatic N) is 3. The molecule has 0 bridgehead atoms.